The molecule has 2 amide bonds. The van der Waals surface area contributed by atoms with Gasteiger partial charge in [0.25, 0.3) is 0 Å². The van der Waals surface area contributed by atoms with Crippen LogP contribution in [0.25, 0.3) is 0 Å². The number of amidine groups is 1. The topological polar surface area (TPSA) is 99.7 Å². The number of nitrogens with one attached hydrogen (secondary N) is 2. The van der Waals surface area contributed by atoms with Crippen molar-refractivity contribution in [3.8, 4) is 0 Å². The number of rotatable bonds is 3. The molecule has 6 heteroatoms. The summed E-state index contributed by atoms with van der Waals surface area (Å²) in [4.78, 5) is 11.9. The van der Waals surface area contributed by atoms with Gasteiger partial charge in [-0.3, -0.25) is 0 Å². The molecule has 0 saturated carbocycles. The summed E-state index contributed by atoms with van der Waals surface area (Å²) in [7, 11) is 0. The lowest BCUT2D eigenvalue weighted by molar-refractivity contribution is 0.262. The third kappa shape index (κ3) is 3.97. The molecule has 0 spiro atoms. The molecule has 0 unspecified atom stereocenters. The number of nitrogens with zero attached hydrogens (tertiary/aromatic N) is 1. The Morgan fingerprint density at radius 2 is 1.71 bits per heavy atom. The molecule has 0 aromatic heterocycles. The van der Waals surface area contributed by atoms with Gasteiger partial charge in [0, 0.05) is 16.9 Å². The van der Waals surface area contributed by atoms with Crippen LogP contribution in [0.15, 0.2) is 53.7 Å². The highest BCUT2D eigenvalue weighted by Gasteiger charge is 2.05. The Kier molecular flexibility index (Phi) is 4.40. The second-order valence-electron chi connectivity index (χ2n) is 4.51. The smallest absolute Gasteiger partial charge is 0.323 e. The van der Waals surface area contributed by atoms with E-state index < -0.39 is 0 Å². The molecule has 0 bridgehead atoms. The molecule has 0 heterocycles. The van der Waals surface area contributed by atoms with Crippen molar-refractivity contribution in [3.05, 3.63) is 59.7 Å². The molecule has 0 radical (unpaired) electrons. The molecule has 2 aromatic carbocycles. The van der Waals surface area contributed by atoms with Crippen LogP contribution in [0.3, 0.4) is 0 Å². The quantitative estimate of drug-likeness (QED) is 0.302. The molecular formula is C15H16N4O2. The number of nitrogens with two attached hydrogens (primary N) is 1. The van der Waals surface area contributed by atoms with Gasteiger partial charge in [0.2, 0.25) is 0 Å². The minimum absolute atomic E-state index is 0.0160. The Morgan fingerprint density at radius 1 is 1.10 bits per heavy atom. The van der Waals surface area contributed by atoms with Crippen molar-refractivity contribution in [2.24, 2.45) is 10.9 Å². The Bertz CT molecular complexity index is 683. The van der Waals surface area contributed by atoms with E-state index >= 15 is 0 Å². The number of hydrogen-bond donors (Lipinski definition) is 4. The zero-order valence-corrected chi connectivity index (χ0v) is 11.5. The molecule has 0 fully saturated rings. The summed E-state index contributed by atoms with van der Waals surface area (Å²) in [6.07, 6.45) is 0. The molecule has 108 valence electrons. The molecule has 2 rings (SSSR count). The van der Waals surface area contributed by atoms with E-state index in [1.165, 1.54) is 0 Å². The van der Waals surface area contributed by atoms with Crippen molar-refractivity contribution in [3.63, 3.8) is 0 Å². The van der Waals surface area contributed by atoms with Crippen molar-refractivity contribution < 1.29 is 10.0 Å². The number of hydrogen-bond acceptors (Lipinski definition) is 3. The van der Waals surface area contributed by atoms with Crippen LogP contribution in [-0.4, -0.2) is 17.1 Å². The summed E-state index contributed by atoms with van der Waals surface area (Å²) in [5, 5.41) is 17.0. The van der Waals surface area contributed by atoms with E-state index in [-0.39, 0.29) is 11.9 Å². The summed E-state index contributed by atoms with van der Waals surface area (Å²) in [5.74, 6) is -0.0160. The van der Waals surface area contributed by atoms with Crippen molar-refractivity contribution in [1.29, 1.82) is 0 Å². The molecule has 21 heavy (non-hydrogen) atoms. The SMILES string of the molecule is Cc1cccc(NC(=O)Nc2cccc(/C(N)=N/O)c2)c1. The minimum atomic E-state index is -0.364. The maximum absolute atomic E-state index is 11.9. The number of oxime groups is 1. The maximum atomic E-state index is 11.9. The predicted octanol–water partition coefficient (Wildman–Crippen LogP) is 2.73. The lowest BCUT2D eigenvalue weighted by atomic mass is 10.2. The Hall–Kier alpha value is -3.02. The van der Waals surface area contributed by atoms with E-state index in [0.29, 0.717) is 16.9 Å². The zero-order chi connectivity index (χ0) is 15.2. The van der Waals surface area contributed by atoms with Gasteiger partial charge < -0.3 is 21.6 Å². The first-order chi connectivity index (χ1) is 10.1. The first kappa shape index (κ1) is 14.4. The number of anilines is 2. The summed E-state index contributed by atoms with van der Waals surface area (Å²) < 4.78 is 0. The molecule has 5 N–H and O–H groups in total. The molecule has 0 aliphatic carbocycles. The third-order valence-corrected chi connectivity index (χ3v) is 2.80. The number of carbonyl (C=O) groups excluding carboxylic acids is 1. The van der Waals surface area contributed by atoms with E-state index in [0.717, 1.165) is 5.56 Å². The van der Waals surface area contributed by atoms with Crippen LogP contribution < -0.4 is 16.4 Å². The molecule has 0 aliphatic heterocycles. The molecule has 6 nitrogen and oxygen atoms in total. The number of aryl methyl sites for hydroxylation is 1. The van der Waals surface area contributed by atoms with Gasteiger partial charge >= 0.3 is 6.03 Å². The van der Waals surface area contributed by atoms with E-state index in [1.54, 1.807) is 30.3 Å². The number of amides is 2. The first-order valence-electron chi connectivity index (χ1n) is 6.31. The van der Waals surface area contributed by atoms with Crippen LogP contribution in [0.1, 0.15) is 11.1 Å². The van der Waals surface area contributed by atoms with Crippen LogP contribution >= 0.6 is 0 Å². The molecule has 2 aromatic rings. The third-order valence-electron chi connectivity index (χ3n) is 2.80. The van der Waals surface area contributed by atoms with E-state index in [4.69, 9.17) is 10.9 Å². The minimum Gasteiger partial charge on any atom is -0.409 e. The first-order valence-corrected chi connectivity index (χ1v) is 6.31. The van der Waals surface area contributed by atoms with Gasteiger partial charge in [-0.15, -0.1) is 0 Å². The van der Waals surface area contributed by atoms with Gasteiger partial charge in [-0.1, -0.05) is 29.4 Å². The van der Waals surface area contributed by atoms with E-state index in [9.17, 15) is 4.79 Å². The second kappa shape index (κ2) is 6.42. The molecule has 0 atom stereocenters. The van der Waals surface area contributed by atoms with Crippen LogP contribution in [0.5, 0.6) is 0 Å². The Morgan fingerprint density at radius 3 is 2.33 bits per heavy atom. The molecule has 0 saturated heterocycles. The molecular weight excluding hydrogens is 268 g/mol. The predicted molar refractivity (Wildman–Crippen MR) is 82.8 cm³/mol. The number of urea groups is 1. The van der Waals surface area contributed by atoms with Crippen molar-refractivity contribution >= 4 is 23.2 Å². The Balaban J connectivity index is 2.06. The largest absolute Gasteiger partial charge is 0.409 e. The van der Waals surface area contributed by atoms with Gasteiger partial charge in [-0.2, -0.15) is 0 Å². The fourth-order valence-corrected chi connectivity index (χ4v) is 1.83. The maximum Gasteiger partial charge on any atom is 0.323 e. The van der Waals surface area contributed by atoms with Gasteiger partial charge in [0.15, 0.2) is 5.84 Å². The number of benzene rings is 2. The van der Waals surface area contributed by atoms with Crippen molar-refractivity contribution in [1.82, 2.24) is 0 Å². The summed E-state index contributed by atoms with van der Waals surface area (Å²) in [6, 6.07) is 13.8. The highest BCUT2D eigenvalue weighted by molar-refractivity contribution is 6.02. The van der Waals surface area contributed by atoms with Gasteiger partial charge in [-0.25, -0.2) is 4.79 Å². The van der Waals surface area contributed by atoms with Gasteiger partial charge in [0.1, 0.15) is 0 Å². The zero-order valence-electron chi connectivity index (χ0n) is 11.5. The summed E-state index contributed by atoms with van der Waals surface area (Å²) >= 11 is 0. The summed E-state index contributed by atoms with van der Waals surface area (Å²) in [6.45, 7) is 1.95. The monoisotopic (exact) mass is 284 g/mol. The second-order valence-corrected chi connectivity index (χ2v) is 4.51. The standard InChI is InChI=1S/C15H16N4O2/c1-10-4-2-6-12(8-10)17-15(20)18-13-7-3-5-11(9-13)14(16)19-21/h2-9,21H,1H3,(H2,16,19)(H2,17,18,20). The van der Waals surface area contributed by atoms with Crippen molar-refractivity contribution in [2.45, 2.75) is 6.92 Å². The molecule has 0 aliphatic rings. The fraction of sp³-hybridized carbons (Fsp3) is 0.0667. The lowest BCUT2D eigenvalue weighted by Gasteiger charge is -2.09. The van der Waals surface area contributed by atoms with Crippen LogP contribution in [0.4, 0.5) is 16.2 Å². The number of carbonyl (C=O) groups is 1. The van der Waals surface area contributed by atoms with Crippen LogP contribution in [0, 0.1) is 6.92 Å². The van der Waals surface area contributed by atoms with Crippen molar-refractivity contribution in [2.75, 3.05) is 10.6 Å². The van der Waals surface area contributed by atoms with E-state index in [1.807, 2.05) is 25.1 Å². The normalized spacial score (nSPS) is 11.0. The van der Waals surface area contributed by atoms with Gasteiger partial charge in [-0.05, 0) is 36.8 Å². The van der Waals surface area contributed by atoms with Crippen LogP contribution in [-0.2, 0) is 0 Å². The summed E-state index contributed by atoms with van der Waals surface area (Å²) in [5.41, 5.74) is 8.34. The highest BCUT2D eigenvalue weighted by atomic mass is 16.4. The highest BCUT2D eigenvalue weighted by Crippen LogP contribution is 2.13. The lowest BCUT2D eigenvalue weighted by Crippen LogP contribution is -2.20. The average molecular weight is 284 g/mol. The average Bonchev–Trinajstić information content (AvgIpc) is 2.46. The van der Waals surface area contributed by atoms with Crippen LogP contribution in [0.2, 0.25) is 0 Å². The fourth-order valence-electron chi connectivity index (χ4n) is 1.83. The van der Waals surface area contributed by atoms with E-state index in [2.05, 4.69) is 15.8 Å². The Labute approximate surface area is 122 Å². The van der Waals surface area contributed by atoms with Gasteiger partial charge in [0.05, 0.1) is 0 Å².